The van der Waals surface area contributed by atoms with E-state index in [4.69, 9.17) is 29.4 Å². The Hall–Kier alpha value is -5.49. The Kier molecular flexibility index (Phi) is 23.7. The van der Waals surface area contributed by atoms with E-state index in [1.807, 2.05) is 120 Å². The second-order valence-electron chi connectivity index (χ2n) is 19.5. The van der Waals surface area contributed by atoms with Gasteiger partial charge >= 0.3 is 5.97 Å². The number of fused-ring (bicyclic) bond motifs is 2. The molecule has 4 aromatic rings. The van der Waals surface area contributed by atoms with Gasteiger partial charge in [0.2, 0.25) is 11.8 Å². The fourth-order valence-corrected chi connectivity index (χ4v) is 9.10. The molecule has 21 heteroatoms. The number of aliphatic hydroxyl groups excluding tert-OH is 5. The van der Waals surface area contributed by atoms with E-state index in [1.54, 1.807) is 42.1 Å². The van der Waals surface area contributed by atoms with Gasteiger partial charge < -0.3 is 70.9 Å². The number of rotatable bonds is 14. The third-order valence-corrected chi connectivity index (χ3v) is 13.4. The molecule has 7 rings (SSSR count). The summed E-state index contributed by atoms with van der Waals surface area (Å²) in [6.45, 7) is 11.7. The number of esters is 1. The number of nitrogens with two attached hydrogens (primary N) is 1. The first-order valence-corrected chi connectivity index (χ1v) is 25.7. The molecule has 0 saturated carbocycles. The van der Waals surface area contributed by atoms with Crippen LogP contribution in [0.15, 0.2) is 131 Å². The monoisotopic (exact) mass is 1100 g/mol. The Balaban J connectivity index is 0.000000268. The van der Waals surface area contributed by atoms with E-state index in [1.165, 1.54) is 38.1 Å². The number of nitrogens with one attached hydrogen (secondary N) is 3. The lowest BCUT2D eigenvalue weighted by Gasteiger charge is -2.28. The van der Waals surface area contributed by atoms with Crippen molar-refractivity contribution < 1.29 is 68.4 Å². The number of thioether (sulfide) groups is 2. The number of amides is 3. The molecule has 1 saturated heterocycles. The third-order valence-electron chi connectivity index (χ3n) is 11.0. The number of cyclic esters (lactones) is 1. The topological polar surface area (TPSA) is 278 Å². The van der Waals surface area contributed by atoms with E-state index in [0.717, 1.165) is 15.5 Å². The van der Waals surface area contributed by atoms with Crippen LogP contribution < -0.4 is 31.2 Å². The molecule has 0 unspecified atom stereocenters. The molecule has 75 heavy (non-hydrogen) atoms. The molecule has 3 amide bonds. The molecular weight excluding hydrogens is 1030 g/mol. The maximum Gasteiger partial charge on any atom is 0.338 e. The van der Waals surface area contributed by atoms with Crippen LogP contribution in [0.3, 0.4) is 0 Å². The summed E-state index contributed by atoms with van der Waals surface area (Å²) >= 11 is 2.91. The van der Waals surface area contributed by atoms with Crippen LogP contribution >= 0.6 is 35.9 Å². The largest absolute Gasteiger partial charge is 0.455 e. The minimum atomic E-state index is -1.74. The lowest BCUT2D eigenvalue weighted by molar-refractivity contribution is -0.151. The number of allylic oxidation sites excluding steroid dienone is 2. The third kappa shape index (κ3) is 18.4. The van der Waals surface area contributed by atoms with Gasteiger partial charge in [0.15, 0.2) is 29.8 Å². The van der Waals surface area contributed by atoms with Crippen LogP contribution in [0, 0.1) is 10.8 Å². The van der Waals surface area contributed by atoms with Crippen LogP contribution in [0.5, 0.6) is 23.0 Å². The highest BCUT2D eigenvalue weighted by atomic mass is 35.5. The van der Waals surface area contributed by atoms with Gasteiger partial charge in [-0.05, 0) is 59.4 Å². The predicted molar refractivity (Wildman–Crippen MR) is 290 cm³/mol. The number of halogens is 1. The van der Waals surface area contributed by atoms with Gasteiger partial charge in [0.1, 0.15) is 48.1 Å². The molecular formula is C54H69ClN4O14S2. The van der Waals surface area contributed by atoms with Gasteiger partial charge in [-0.3, -0.25) is 14.4 Å². The minimum absolute atomic E-state index is 0. The second-order valence-corrected chi connectivity index (χ2v) is 21.6. The Morgan fingerprint density at radius 3 is 1.69 bits per heavy atom. The zero-order chi connectivity index (χ0) is 54.3. The lowest BCUT2D eigenvalue weighted by atomic mass is 9.94. The van der Waals surface area contributed by atoms with E-state index in [-0.39, 0.29) is 34.9 Å². The number of benzene rings is 4. The summed E-state index contributed by atoms with van der Waals surface area (Å²) in [7, 11) is 2.51. The van der Waals surface area contributed by atoms with Gasteiger partial charge in [-0.25, -0.2) is 4.79 Å². The first kappa shape index (κ1) is 62.1. The molecule has 10 atom stereocenters. The van der Waals surface area contributed by atoms with Crippen molar-refractivity contribution in [2.75, 3.05) is 36.4 Å². The Morgan fingerprint density at radius 1 is 0.720 bits per heavy atom. The zero-order valence-corrected chi connectivity index (χ0v) is 45.4. The SMILES string of the molecule is CO[C@@H](C(=O)N[C@H]1CSc2cccc(Oc3ccccc3)c2NC1=O)[C@H](O)[C@@H](O)[C@H](O)/C=C/C(C)(C)C.CO[C@H]1C(=O)O[C@@H]([C@H](O)/C=C/C(C)(C)C)[C@H]1O.Cl.N[C@H]1CSc2cccc(Oc3ccccc3)c2NC1=O. The summed E-state index contributed by atoms with van der Waals surface area (Å²) in [5, 5.41) is 59.1. The number of methoxy groups -OCH3 is 2. The summed E-state index contributed by atoms with van der Waals surface area (Å²) in [4.78, 5) is 50.9. The summed E-state index contributed by atoms with van der Waals surface area (Å²) in [5.41, 5.74) is 6.63. The Morgan fingerprint density at radius 2 is 1.21 bits per heavy atom. The van der Waals surface area contributed by atoms with Gasteiger partial charge in [-0.15, -0.1) is 35.9 Å². The summed E-state index contributed by atoms with van der Waals surface area (Å²) in [5.74, 6) is 1.11. The number of ether oxygens (including phenoxy) is 5. The fourth-order valence-electron chi connectivity index (χ4n) is 7.07. The molecule has 0 aromatic heterocycles. The fraction of sp³-hybridized carbons (Fsp3) is 0.407. The van der Waals surface area contributed by atoms with E-state index < -0.39 is 78.7 Å². The molecule has 3 aliphatic rings. The number of hydrogen-bond acceptors (Lipinski definition) is 17. The number of carbonyl (C=O) groups is 4. The summed E-state index contributed by atoms with van der Waals surface area (Å²) in [6, 6.07) is 28.3. The van der Waals surface area contributed by atoms with Gasteiger partial charge in [0, 0.05) is 35.5 Å². The maximum atomic E-state index is 13.0. The molecule has 3 aliphatic heterocycles. The number of aliphatic hydroxyl groups is 5. The van der Waals surface area contributed by atoms with E-state index in [9.17, 15) is 44.7 Å². The number of anilines is 2. The van der Waals surface area contributed by atoms with Gasteiger partial charge in [-0.2, -0.15) is 0 Å². The Labute approximate surface area is 452 Å². The molecule has 4 aromatic carbocycles. The first-order chi connectivity index (χ1) is 35.0. The minimum Gasteiger partial charge on any atom is -0.455 e. The number of carbonyl (C=O) groups excluding carboxylic acids is 4. The quantitative estimate of drug-likeness (QED) is 0.0500. The molecule has 0 bridgehead atoms. The van der Waals surface area contributed by atoms with Gasteiger partial charge in [-0.1, -0.05) is 114 Å². The zero-order valence-electron chi connectivity index (χ0n) is 42.9. The lowest BCUT2D eigenvalue weighted by Crippen LogP contribution is -2.55. The van der Waals surface area contributed by atoms with Crippen molar-refractivity contribution in [3.8, 4) is 23.0 Å². The molecule has 0 spiro atoms. The highest BCUT2D eigenvalue weighted by molar-refractivity contribution is 7.99. The van der Waals surface area contributed by atoms with Crippen molar-refractivity contribution in [1.29, 1.82) is 0 Å². The maximum absolute atomic E-state index is 13.0. The number of hydrogen-bond donors (Lipinski definition) is 9. The van der Waals surface area contributed by atoms with Crippen LogP contribution in [0.1, 0.15) is 41.5 Å². The summed E-state index contributed by atoms with van der Waals surface area (Å²) in [6.07, 6.45) is -4.15. The highest BCUT2D eigenvalue weighted by Gasteiger charge is 2.47. The Bertz CT molecular complexity index is 2570. The smallest absolute Gasteiger partial charge is 0.338 e. The van der Waals surface area contributed by atoms with Crippen LogP contribution in [-0.2, 0) is 33.4 Å². The van der Waals surface area contributed by atoms with Crippen molar-refractivity contribution >= 4 is 71.0 Å². The van der Waals surface area contributed by atoms with Crippen molar-refractivity contribution in [2.24, 2.45) is 16.6 Å². The first-order valence-electron chi connectivity index (χ1n) is 23.7. The average molecular weight is 1100 g/mol. The molecule has 1 fully saturated rings. The molecule has 0 radical (unpaired) electrons. The van der Waals surface area contributed by atoms with E-state index in [2.05, 4.69) is 16.0 Å². The predicted octanol–water partition coefficient (Wildman–Crippen LogP) is 6.23. The van der Waals surface area contributed by atoms with Crippen LogP contribution in [0.25, 0.3) is 0 Å². The molecule has 3 heterocycles. The molecule has 408 valence electrons. The molecule has 10 N–H and O–H groups in total. The van der Waals surface area contributed by atoms with E-state index in [0.29, 0.717) is 34.4 Å². The van der Waals surface area contributed by atoms with E-state index >= 15 is 0 Å². The van der Waals surface area contributed by atoms with Crippen LogP contribution in [0.4, 0.5) is 11.4 Å². The molecule has 18 nitrogen and oxygen atoms in total. The standard InChI is InChI=1S/C27H34N2O7S.C15H14N2O2S.C12H20O5.ClH/c1-27(2,3)14-13-18(30)22(31)23(32)24(35-4)26(34)28-17-15-37-20-12-8-11-19(21(20)29-25(17)33)36-16-9-6-5-7-10-16;16-11-9-20-13-8-4-7-12(14(13)17-15(11)18)19-10-5-2-1-3-6-10;1-12(2,3)6-5-7(13)9-8(14)10(16-4)11(15)17-9;/h5-14,17-18,22-24,30-32H,15H2,1-4H3,(H,28,34)(H,29,33);1-8,11H,9,16H2,(H,17,18);5-10,13-14H,1-4H3;1H/b14-13+;;6-5+;/t17-,18+,22-,23+,24+;11-;7-,8-,9+,10-;/m001./s1. The molecule has 0 aliphatic carbocycles. The van der Waals surface area contributed by atoms with Crippen molar-refractivity contribution in [3.63, 3.8) is 0 Å². The van der Waals surface area contributed by atoms with Crippen LogP contribution in [-0.4, -0.2) is 136 Å². The van der Waals surface area contributed by atoms with Crippen molar-refractivity contribution in [2.45, 2.75) is 112 Å². The van der Waals surface area contributed by atoms with Gasteiger partial charge in [0.25, 0.3) is 5.91 Å². The summed E-state index contributed by atoms with van der Waals surface area (Å²) < 4.78 is 26.6. The second kappa shape index (κ2) is 28.6. The van der Waals surface area contributed by atoms with Crippen molar-refractivity contribution in [1.82, 2.24) is 5.32 Å². The average Bonchev–Trinajstić information content (AvgIpc) is 3.44. The normalized spacial score (nSPS) is 21.5. The van der Waals surface area contributed by atoms with Crippen molar-refractivity contribution in [3.05, 3.63) is 121 Å². The highest BCUT2D eigenvalue weighted by Crippen LogP contribution is 2.41. The van der Waals surface area contributed by atoms with Gasteiger partial charge in [0.05, 0.1) is 17.4 Å². The number of para-hydroxylation sites is 4. The van der Waals surface area contributed by atoms with Crippen LogP contribution in [0.2, 0.25) is 0 Å².